The Kier molecular flexibility index (Phi) is 6.78. The number of oxazole rings is 1. The van der Waals surface area contributed by atoms with Gasteiger partial charge < -0.3 is 14.2 Å². The summed E-state index contributed by atoms with van der Waals surface area (Å²) in [7, 11) is 0. The summed E-state index contributed by atoms with van der Waals surface area (Å²) in [4.78, 5) is 9.69. The van der Waals surface area contributed by atoms with Crippen molar-refractivity contribution < 1.29 is 4.42 Å². The Labute approximate surface area is 262 Å². The Hall–Kier alpha value is -6.13. The molecule has 45 heavy (non-hydrogen) atoms. The molecule has 4 nitrogen and oxygen atoms in total. The first-order chi connectivity index (χ1) is 22.3. The van der Waals surface area contributed by atoms with Crippen LogP contribution in [0.1, 0.15) is 0 Å². The Balaban J connectivity index is 1.44. The molecule has 0 radical (unpaired) electrons. The maximum Gasteiger partial charge on any atom is 0.227 e. The molecule has 0 aliphatic heterocycles. The molecule has 0 amide bonds. The molecule has 7 aromatic carbocycles. The molecule has 4 heteroatoms. The van der Waals surface area contributed by atoms with Crippen molar-refractivity contribution >= 4 is 56.0 Å². The minimum atomic E-state index is 0.585. The van der Waals surface area contributed by atoms with Gasteiger partial charge in [-0.25, -0.2) is 4.98 Å². The minimum Gasteiger partial charge on any atom is -0.436 e. The lowest BCUT2D eigenvalue weighted by Gasteiger charge is -2.30. The molecule has 0 aliphatic rings. The highest BCUT2D eigenvalue weighted by Crippen LogP contribution is 2.46. The van der Waals surface area contributed by atoms with E-state index < -0.39 is 0 Å². The normalized spacial score (nSPS) is 11.1. The maximum absolute atomic E-state index is 6.60. The van der Waals surface area contributed by atoms with Crippen LogP contribution in [0, 0.1) is 0 Å². The molecule has 0 saturated carbocycles. The van der Waals surface area contributed by atoms with Crippen molar-refractivity contribution in [2.75, 3.05) is 9.80 Å². The third kappa shape index (κ3) is 4.98. The number of rotatable bonds is 7. The van der Waals surface area contributed by atoms with Crippen molar-refractivity contribution in [3.05, 3.63) is 176 Å². The number of benzene rings is 7. The van der Waals surface area contributed by atoms with E-state index in [1.54, 1.807) is 0 Å². The zero-order valence-electron chi connectivity index (χ0n) is 24.5. The largest absolute Gasteiger partial charge is 0.436 e. The van der Waals surface area contributed by atoms with E-state index in [0.29, 0.717) is 11.5 Å². The summed E-state index contributed by atoms with van der Waals surface area (Å²) in [6.07, 6.45) is 0. The Morgan fingerprint density at radius 3 is 1.56 bits per heavy atom. The molecule has 0 unspecified atom stereocenters. The fourth-order valence-corrected chi connectivity index (χ4v) is 5.99. The molecule has 8 aromatic rings. The SMILES string of the molecule is c1ccc(-c2nc3c(N(c4ccccc4)c4ccccc4)cc(N(c4ccccc4)c4cccc5ccccc45)cc3o2)cc1. The number of aromatic nitrogens is 1. The van der Waals surface area contributed by atoms with E-state index in [0.717, 1.165) is 50.6 Å². The highest BCUT2D eigenvalue weighted by atomic mass is 16.3. The molecule has 1 heterocycles. The van der Waals surface area contributed by atoms with Crippen molar-refractivity contribution in [3.8, 4) is 11.5 Å². The van der Waals surface area contributed by atoms with Gasteiger partial charge in [-0.05, 0) is 66.0 Å². The summed E-state index contributed by atoms with van der Waals surface area (Å²) >= 11 is 0. The van der Waals surface area contributed by atoms with Gasteiger partial charge in [0.05, 0.1) is 17.1 Å². The Bertz CT molecular complexity index is 2170. The highest BCUT2D eigenvalue weighted by Gasteiger charge is 2.24. The Morgan fingerprint density at radius 1 is 0.422 bits per heavy atom. The predicted octanol–water partition coefficient (Wildman–Crippen LogP) is 11.6. The number of anilines is 6. The van der Waals surface area contributed by atoms with Crippen molar-refractivity contribution in [2.45, 2.75) is 0 Å². The van der Waals surface area contributed by atoms with Gasteiger partial charge in [0, 0.05) is 34.1 Å². The summed E-state index contributed by atoms with van der Waals surface area (Å²) in [6.45, 7) is 0. The summed E-state index contributed by atoms with van der Waals surface area (Å²) < 4.78 is 6.60. The van der Waals surface area contributed by atoms with E-state index in [9.17, 15) is 0 Å². The molecule has 0 N–H and O–H groups in total. The van der Waals surface area contributed by atoms with E-state index in [1.165, 1.54) is 5.39 Å². The molecular weight excluding hydrogens is 550 g/mol. The second-order valence-electron chi connectivity index (χ2n) is 10.9. The van der Waals surface area contributed by atoms with Gasteiger partial charge in [0.25, 0.3) is 0 Å². The highest BCUT2D eigenvalue weighted by molar-refractivity contribution is 6.03. The maximum atomic E-state index is 6.60. The van der Waals surface area contributed by atoms with Crippen molar-refractivity contribution in [2.24, 2.45) is 0 Å². The number of hydrogen-bond donors (Lipinski definition) is 0. The molecular formula is C41H29N3O. The van der Waals surface area contributed by atoms with Crippen LogP contribution in [0.3, 0.4) is 0 Å². The van der Waals surface area contributed by atoms with Gasteiger partial charge in [-0.3, -0.25) is 0 Å². The van der Waals surface area contributed by atoms with E-state index in [4.69, 9.17) is 9.40 Å². The van der Waals surface area contributed by atoms with Crippen LogP contribution < -0.4 is 9.80 Å². The number of para-hydroxylation sites is 3. The van der Waals surface area contributed by atoms with Crippen LogP contribution in [-0.4, -0.2) is 4.98 Å². The summed E-state index contributed by atoms with van der Waals surface area (Å²) in [5.74, 6) is 0.585. The monoisotopic (exact) mass is 579 g/mol. The van der Waals surface area contributed by atoms with Crippen molar-refractivity contribution in [1.82, 2.24) is 4.98 Å². The summed E-state index contributed by atoms with van der Waals surface area (Å²) in [5, 5.41) is 2.34. The third-order valence-corrected chi connectivity index (χ3v) is 8.03. The van der Waals surface area contributed by atoms with Gasteiger partial charge in [0.1, 0.15) is 5.52 Å². The molecule has 0 atom stereocenters. The molecule has 214 valence electrons. The van der Waals surface area contributed by atoms with Crippen LogP contribution in [0.15, 0.2) is 180 Å². The predicted molar refractivity (Wildman–Crippen MR) is 186 cm³/mol. The van der Waals surface area contributed by atoms with E-state index in [1.807, 2.05) is 42.5 Å². The van der Waals surface area contributed by atoms with Gasteiger partial charge >= 0.3 is 0 Å². The fraction of sp³-hybridized carbons (Fsp3) is 0. The first kappa shape index (κ1) is 26.5. The second-order valence-corrected chi connectivity index (χ2v) is 10.9. The van der Waals surface area contributed by atoms with Crippen LogP contribution in [-0.2, 0) is 0 Å². The molecule has 0 fully saturated rings. The second kappa shape index (κ2) is 11.5. The molecule has 0 bridgehead atoms. The summed E-state index contributed by atoms with van der Waals surface area (Å²) in [5.41, 5.74) is 8.51. The quantitative estimate of drug-likeness (QED) is 0.188. The van der Waals surface area contributed by atoms with Crippen molar-refractivity contribution in [1.29, 1.82) is 0 Å². The average molecular weight is 580 g/mol. The number of fused-ring (bicyclic) bond motifs is 2. The van der Waals surface area contributed by atoms with Gasteiger partial charge in [0.15, 0.2) is 5.58 Å². The van der Waals surface area contributed by atoms with Crippen LogP contribution in [0.5, 0.6) is 0 Å². The van der Waals surface area contributed by atoms with Crippen LogP contribution in [0.25, 0.3) is 33.3 Å². The van der Waals surface area contributed by atoms with E-state index >= 15 is 0 Å². The standard InChI is InChI=1S/C41H29N3O/c1-5-17-31(18-6-1)41-42-40-38(43(32-20-7-2-8-21-32)33-22-9-3-10-23-33)28-35(29-39(40)45-41)44(34-24-11-4-12-25-34)37-27-15-19-30-16-13-14-26-36(30)37/h1-29H. The fourth-order valence-electron chi connectivity index (χ4n) is 5.99. The topological polar surface area (TPSA) is 32.5 Å². The van der Waals surface area contributed by atoms with Gasteiger partial charge in [-0.2, -0.15) is 0 Å². The molecule has 8 rings (SSSR count). The molecule has 0 aliphatic carbocycles. The van der Waals surface area contributed by atoms with Crippen LogP contribution >= 0.6 is 0 Å². The number of nitrogens with zero attached hydrogens (tertiary/aromatic N) is 3. The lowest BCUT2D eigenvalue weighted by molar-refractivity contribution is 0.620. The molecule has 0 saturated heterocycles. The Morgan fingerprint density at radius 2 is 0.933 bits per heavy atom. The zero-order valence-corrected chi connectivity index (χ0v) is 24.5. The van der Waals surface area contributed by atoms with Gasteiger partial charge in [0.2, 0.25) is 5.89 Å². The van der Waals surface area contributed by atoms with Gasteiger partial charge in [-0.15, -0.1) is 0 Å². The first-order valence-electron chi connectivity index (χ1n) is 15.1. The van der Waals surface area contributed by atoms with Gasteiger partial charge in [-0.1, -0.05) is 109 Å². The zero-order chi connectivity index (χ0) is 30.0. The molecule has 0 spiro atoms. The minimum absolute atomic E-state index is 0.585. The van der Waals surface area contributed by atoms with E-state index in [-0.39, 0.29) is 0 Å². The smallest absolute Gasteiger partial charge is 0.227 e. The first-order valence-corrected chi connectivity index (χ1v) is 15.1. The van der Waals surface area contributed by atoms with Crippen LogP contribution in [0.4, 0.5) is 34.1 Å². The summed E-state index contributed by atoms with van der Waals surface area (Å²) in [6, 6.07) is 60.8. The van der Waals surface area contributed by atoms with Crippen LogP contribution in [0.2, 0.25) is 0 Å². The van der Waals surface area contributed by atoms with Crippen molar-refractivity contribution in [3.63, 3.8) is 0 Å². The van der Waals surface area contributed by atoms with E-state index in [2.05, 4.69) is 143 Å². The third-order valence-electron chi connectivity index (χ3n) is 8.03. The lowest BCUT2D eigenvalue weighted by atomic mass is 10.1. The number of hydrogen-bond acceptors (Lipinski definition) is 4. The average Bonchev–Trinajstić information content (AvgIpc) is 3.55. The lowest BCUT2D eigenvalue weighted by Crippen LogP contribution is -2.14. The molecule has 1 aromatic heterocycles.